The Labute approximate surface area is 149 Å². The third-order valence-corrected chi connectivity index (χ3v) is 4.49. The number of aromatic nitrogens is 1. The first kappa shape index (κ1) is 17.0. The highest BCUT2D eigenvalue weighted by Gasteiger charge is 2.22. The molecule has 1 aromatic heterocycles. The van der Waals surface area contributed by atoms with Gasteiger partial charge in [-0.3, -0.25) is 9.69 Å². The van der Waals surface area contributed by atoms with Gasteiger partial charge in [-0.2, -0.15) is 0 Å². The lowest BCUT2D eigenvalue weighted by Gasteiger charge is -2.34. The van der Waals surface area contributed by atoms with Crippen LogP contribution in [0.5, 0.6) is 5.75 Å². The van der Waals surface area contributed by atoms with E-state index in [1.807, 2.05) is 42.2 Å². The van der Waals surface area contributed by atoms with Crippen LogP contribution in [0.2, 0.25) is 0 Å². The maximum atomic E-state index is 12.3. The van der Waals surface area contributed by atoms with Gasteiger partial charge < -0.3 is 14.2 Å². The third kappa shape index (κ3) is 4.58. The number of amides is 1. The van der Waals surface area contributed by atoms with Gasteiger partial charge in [-0.05, 0) is 31.2 Å². The second-order valence-electron chi connectivity index (χ2n) is 5.83. The van der Waals surface area contributed by atoms with Gasteiger partial charge in [-0.25, -0.2) is 0 Å². The largest absolute Gasteiger partial charge is 0.484 e. The number of rotatable bonds is 5. The van der Waals surface area contributed by atoms with E-state index in [4.69, 9.17) is 9.26 Å². The van der Waals surface area contributed by atoms with E-state index in [0.717, 1.165) is 35.6 Å². The summed E-state index contributed by atoms with van der Waals surface area (Å²) in [6, 6.07) is 9.42. The van der Waals surface area contributed by atoms with Gasteiger partial charge in [-0.15, -0.1) is 0 Å². The van der Waals surface area contributed by atoms with E-state index in [1.54, 1.807) is 0 Å². The molecule has 1 aromatic carbocycles. The Kier molecular flexibility index (Phi) is 5.52. The summed E-state index contributed by atoms with van der Waals surface area (Å²) in [5.41, 5.74) is 0.893. The summed E-state index contributed by atoms with van der Waals surface area (Å²) in [7, 11) is 0. The number of ether oxygens (including phenoxy) is 1. The zero-order chi connectivity index (χ0) is 16.9. The molecule has 0 aliphatic carbocycles. The van der Waals surface area contributed by atoms with Crippen LogP contribution in [0.25, 0.3) is 0 Å². The van der Waals surface area contributed by atoms with E-state index in [2.05, 4.69) is 26.0 Å². The lowest BCUT2D eigenvalue weighted by Crippen LogP contribution is -2.49. The van der Waals surface area contributed by atoms with Crippen LogP contribution in [0.15, 0.2) is 39.3 Å². The molecule has 7 heteroatoms. The predicted molar refractivity (Wildman–Crippen MR) is 92.7 cm³/mol. The van der Waals surface area contributed by atoms with Crippen LogP contribution in [0, 0.1) is 6.92 Å². The monoisotopic (exact) mass is 393 g/mol. The second kappa shape index (κ2) is 7.81. The average Bonchev–Trinajstić information content (AvgIpc) is 2.99. The zero-order valence-corrected chi connectivity index (χ0v) is 15.2. The smallest absolute Gasteiger partial charge is 0.260 e. The molecule has 2 aromatic rings. The zero-order valence-electron chi connectivity index (χ0n) is 13.6. The molecule has 6 nitrogen and oxygen atoms in total. The van der Waals surface area contributed by atoms with Gasteiger partial charge in [-0.1, -0.05) is 21.1 Å². The topological polar surface area (TPSA) is 58.8 Å². The van der Waals surface area contributed by atoms with Crippen LogP contribution in [-0.2, 0) is 11.3 Å². The summed E-state index contributed by atoms with van der Waals surface area (Å²) >= 11 is 3.37. The van der Waals surface area contributed by atoms with E-state index in [1.165, 1.54) is 0 Å². The summed E-state index contributed by atoms with van der Waals surface area (Å²) in [5, 5.41) is 3.90. The van der Waals surface area contributed by atoms with Crippen molar-refractivity contribution in [1.29, 1.82) is 0 Å². The molecule has 1 saturated heterocycles. The van der Waals surface area contributed by atoms with Gasteiger partial charge in [0.15, 0.2) is 12.4 Å². The molecule has 1 amide bonds. The molecule has 0 spiro atoms. The van der Waals surface area contributed by atoms with Crippen molar-refractivity contribution in [3.05, 3.63) is 46.3 Å². The Morgan fingerprint density at radius 3 is 2.58 bits per heavy atom. The molecule has 0 atom stereocenters. The molecule has 1 fully saturated rings. The minimum absolute atomic E-state index is 0.0214. The fraction of sp³-hybridized carbons (Fsp3) is 0.412. The van der Waals surface area contributed by atoms with Gasteiger partial charge in [0.2, 0.25) is 0 Å². The number of halogens is 1. The molecule has 0 saturated carbocycles. The Morgan fingerprint density at radius 1 is 1.25 bits per heavy atom. The van der Waals surface area contributed by atoms with Crippen molar-refractivity contribution in [3.63, 3.8) is 0 Å². The fourth-order valence-electron chi connectivity index (χ4n) is 2.63. The number of carbonyl (C=O) groups is 1. The van der Waals surface area contributed by atoms with Crippen LogP contribution in [-0.4, -0.2) is 53.6 Å². The van der Waals surface area contributed by atoms with Crippen LogP contribution in [0.1, 0.15) is 11.5 Å². The lowest BCUT2D eigenvalue weighted by molar-refractivity contribution is -0.135. The van der Waals surface area contributed by atoms with Crippen molar-refractivity contribution in [2.45, 2.75) is 13.5 Å². The van der Waals surface area contributed by atoms with Crippen LogP contribution < -0.4 is 4.74 Å². The molecule has 2 heterocycles. The molecule has 0 radical (unpaired) electrons. The van der Waals surface area contributed by atoms with Gasteiger partial charge in [0, 0.05) is 36.7 Å². The standard InChI is InChI=1S/C17H20BrN3O3/c1-13-10-16(24-19-13)11-20-6-8-21(9-7-20)17(22)12-23-15-4-2-14(18)3-5-15/h2-5,10H,6-9,11-12H2,1H3. The highest BCUT2D eigenvalue weighted by atomic mass is 79.9. The van der Waals surface area contributed by atoms with Crippen molar-refractivity contribution < 1.29 is 14.1 Å². The number of hydrogen-bond donors (Lipinski definition) is 0. The molecule has 128 valence electrons. The van der Waals surface area contributed by atoms with Gasteiger partial charge in [0.05, 0.1) is 12.2 Å². The summed E-state index contributed by atoms with van der Waals surface area (Å²) < 4.78 is 11.8. The molecular formula is C17H20BrN3O3. The molecule has 0 bridgehead atoms. The average molecular weight is 394 g/mol. The van der Waals surface area contributed by atoms with E-state index >= 15 is 0 Å². The van der Waals surface area contributed by atoms with Crippen molar-refractivity contribution in [3.8, 4) is 5.75 Å². The van der Waals surface area contributed by atoms with E-state index in [0.29, 0.717) is 18.8 Å². The van der Waals surface area contributed by atoms with Crippen molar-refractivity contribution in [2.24, 2.45) is 0 Å². The summed E-state index contributed by atoms with van der Waals surface area (Å²) in [5.74, 6) is 1.59. The number of nitrogens with zero attached hydrogens (tertiary/aromatic N) is 3. The first-order valence-electron chi connectivity index (χ1n) is 7.91. The van der Waals surface area contributed by atoms with Crippen molar-refractivity contribution >= 4 is 21.8 Å². The molecule has 1 aliphatic heterocycles. The molecule has 0 unspecified atom stereocenters. The summed E-state index contributed by atoms with van der Waals surface area (Å²) in [6.07, 6.45) is 0. The van der Waals surface area contributed by atoms with Gasteiger partial charge >= 0.3 is 0 Å². The first-order valence-corrected chi connectivity index (χ1v) is 8.70. The van der Waals surface area contributed by atoms with Gasteiger partial charge in [0.25, 0.3) is 5.91 Å². The van der Waals surface area contributed by atoms with Crippen molar-refractivity contribution in [1.82, 2.24) is 15.0 Å². The van der Waals surface area contributed by atoms with Crippen LogP contribution in [0.4, 0.5) is 0 Å². The van der Waals surface area contributed by atoms with Crippen molar-refractivity contribution in [2.75, 3.05) is 32.8 Å². The number of hydrogen-bond acceptors (Lipinski definition) is 5. The number of aryl methyl sites for hydroxylation is 1. The van der Waals surface area contributed by atoms with Crippen LogP contribution >= 0.6 is 15.9 Å². The fourth-order valence-corrected chi connectivity index (χ4v) is 2.90. The molecular weight excluding hydrogens is 374 g/mol. The third-order valence-electron chi connectivity index (χ3n) is 3.96. The molecule has 0 N–H and O–H groups in total. The minimum Gasteiger partial charge on any atom is -0.484 e. The Balaban J connectivity index is 1.42. The molecule has 3 rings (SSSR count). The quantitative estimate of drug-likeness (QED) is 0.780. The number of piperazine rings is 1. The lowest BCUT2D eigenvalue weighted by atomic mass is 10.3. The minimum atomic E-state index is 0.0214. The molecule has 1 aliphatic rings. The Hall–Kier alpha value is -1.86. The maximum Gasteiger partial charge on any atom is 0.260 e. The Bertz CT molecular complexity index is 679. The highest BCUT2D eigenvalue weighted by Crippen LogP contribution is 2.16. The Morgan fingerprint density at radius 2 is 1.96 bits per heavy atom. The highest BCUT2D eigenvalue weighted by molar-refractivity contribution is 9.10. The number of benzene rings is 1. The normalized spacial score (nSPS) is 15.5. The summed E-state index contributed by atoms with van der Waals surface area (Å²) in [4.78, 5) is 16.4. The van der Waals surface area contributed by atoms with E-state index < -0.39 is 0 Å². The number of carbonyl (C=O) groups excluding carboxylic acids is 1. The van der Waals surface area contributed by atoms with E-state index in [9.17, 15) is 4.79 Å². The van der Waals surface area contributed by atoms with Gasteiger partial charge in [0.1, 0.15) is 5.75 Å². The van der Waals surface area contributed by atoms with E-state index in [-0.39, 0.29) is 12.5 Å². The second-order valence-corrected chi connectivity index (χ2v) is 6.75. The molecule has 24 heavy (non-hydrogen) atoms. The SMILES string of the molecule is Cc1cc(CN2CCN(C(=O)COc3ccc(Br)cc3)CC2)on1. The predicted octanol–water partition coefficient (Wildman–Crippen LogP) is 2.47. The maximum absolute atomic E-state index is 12.3. The summed E-state index contributed by atoms with van der Waals surface area (Å²) in [6.45, 7) is 5.77. The first-order chi connectivity index (χ1) is 11.6. The van der Waals surface area contributed by atoms with Crippen LogP contribution in [0.3, 0.4) is 0 Å².